The van der Waals surface area contributed by atoms with Crippen LogP contribution in [-0.2, 0) is 38.7 Å². The SMILES string of the molecule is C1CCOC1.Cc1ccc(S(=O)(=O)OCCCOc2ccc3n[nH]c(S(=O)(=O)c4cccc5ccccc45)c3c2)cc1.NC1CC1.O=S(=O)(c1cccc2ccccc12)c1[nH]nc2ccc(OCCCNC3CC3)cc12. The highest BCUT2D eigenvalue weighted by atomic mass is 32.2. The zero-order chi connectivity index (χ0) is 53.1. The molecule has 0 bridgehead atoms. The summed E-state index contributed by atoms with van der Waals surface area (Å²) in [6, 6.07) is 43.2. The van der Waals surface area contributed by atoms with Crippen LogP contribution in [0.2, 0.25) is 0 Å². The quantitative estimate of drug-likeness (QED) is 0.0491. The number of nitrogens with one attached hydrogen (secondary N) is 3. The molecule has 3 fully saturated rings. The van der Waals surface area contributed by atoms with E-state index in [4.69, 9.17) is 24.1 Å². The van der Waals surface area contributed by atoms with Crippen LogP contribution in [0.3, 0.4) is 0 Å². The van der Waals surface area contributed by atoms with Crippen LogP contribution in [0.1, 0.15) is 56.9 Å². The third kappa shape index (κ3) is 13.6. The molecule has 19 heteroatoms. The summed E-state index contributed by atoms with van der Waals surface area (Å²) in [5, 5.41) is 21.3. The fourth-order valence-corrected chi connectivity index (χ4v) is 12.3. The van der Waals surface area contributed by atoms with E-state index >= 15 is 0 Å². The van der Waals surface area contributed by atoms with Gasteiger partial charge in [0.25, 0.3) is 10.1 Å². The van der Waals surface area contributed by atoms with Crippen LogP contribution < -0.4 is 20.5 Å². The minimum absolute atomic E-state index is 0.0168. The molecule has 76 heavy (non-hydrogen) atoms. The summed E-state index contributed by atoms with van der Waals surface area (Å²) in [5.74, 6) is 1.08. The predicted molar refractivity (Wildman–Crippen MR) is 294 cm³/mol. The number of hydrogen-bond donors (Lipinski definition) is 4. The van der Waals surface area contributed by atoms with Crippen LogP contribution in [0.4, 0.5) is 0 Å². The molecule has 3 aliphatic rings. The lowest BCUT2D eigenvalue weighted by molar-refractivity contribution is 0.198. The van der Waals surface area contributed by atoms with Crippen LogP contribution in [0.25, 0.3) is 43.4 Å². The lowest BCUT2D eigenvalue weighted by Gasteiger charge is -2.09. The number of benzene rings is 7. The van der Waals surface area contributed by atoms with Gasteiger partial charge < -0.3 is 25.3 Å². The second kappa shape index (κ2) is 24.5. The minimum atomic E-state index is -3.90. The molecular weight excluding hydrogens is 1020 g/mol. The summed E-state index contributed by atoms with van der Waals surface area (Å²) in [7, 11) is -11.5. The Bertz CT molecular complexity index is 3740. The van der Waals surface area contributed by atoms with Gasteiger partial charge in [-0.1, -0.05) is 90.5 Å². The average molecular weight is 1090 g/mol. The van der Waals surface area contributed by atoms with Crippen molar-refractivity contribution in [3.8, 4) is 11.5 Å². The highest BCUT2D eigenvalue weighted by molar-refractivity contribution is 7.92. The first-order chi connectivity index (χ1) is 36.8. The number of fused-ring (bicyclic) bond motifs is 4. The Kier molecular flexibility index (Phi) is 17.5. The topological polar surface area (TPSA) is 235 Å². The first-order valence-electron chi connectivity index (χ1n) is 25.5. The van der Waals surface area contributed by atoms with Gasteiger partial charge in [-0.2, -0.15) is 18.6 Å². The molecule has 1 aliphatic heterocycles. The minimum Gasteiger partial charge on any atom is -0.494 e. The third-order valence-electron chi connectivity index (χ3n) is 12.8. The molecule has 398 valence electrons. The Morgan fingerprint density at radius 2 is 1.07 bits per heavy atom. The Balaban J connectivity index is 0.000000161. The Morgan fingerprint density at radius 1 is 0.579 bits per heavy atom. The molecule has 12 rings (SSSR count). The molecule has 7 aromatic carbocycles. The number of H-pyrrole nitrogens is 2. The van der Waals surface area contributed by atoms with Gasteiger partial charge >= 0.3 is 0 Å². The van der Waals surface area contributed by atoms with Crippen molar-refractivity contribution in [2.45, 2.75) is 95.1 Å². The summed E-state index contributed by atoms with van der Waals surface area (Å²) in [4.78, 5) is 0.558. The molecule has 0 unspecified atom stereocenters. The normalized spacial score (nSPS) is 14.6. The number of hydrogen-bond acceptors (Lipinski definition) is 14. The van der Waals surface area contributed by atoms with Crippen molar-refractivity contribution in [2.75, 3.05) is 39.6 Å². The van der Waals surface area contributed by atoms with Gasteiger partial charge in [-0.15, -0.1) is 0 Å². The number of sulfone groups is 2. The maximum Gasteiger partial charge on any atom is 0.296 e. The summed E-state index contributed by atoms with van der Waals surface area (Å²) in [5.41, 5.74) is 7.25. The van der Waals surface area contributed by atoms with E-state index in [1.807, 2.05) is 61.5 Å². The molecule has 0 radical (unpaired) electrons. The van der Waals surface area contributed by atoms with Gasteiger partial charge in [0, 0.05) is 53.3 Å². The summed E-state index contributed by atoms with van der Waals surface area (Å²) in [6.07, 6.45) is 8.84. The van der Waals surface area contributed by atoms with Gasteiger partial charge in [0.05, 0.1) is 45.5 Å². The molecule has 16 nitrogen and oxygen atoms in total. The zero-order valence-electron chi connectivity index (χ0n) is 42.2. The maximum atomic E-state index is 13.6. The van der Waals surface area contributed by atoms with Gasteiger partial charge in [-0.25, -0.2) is 16.8 Å². The largest absolute Gasteiger partial charge is 0.494 e. The third-order valence-corrected chi connectivity index (χ3v) is 17.6. The van der Waals surface area contributed by atoms with E-state index in [1.165, 1.54) is 50.7 Å². The summed E-state index contributed by atoms with van der Waals surface area (Å²) >= 11 is 0. The second-order valence-corrected chi connectivity index (χ2v) is 24.1. The highest BCUT2D eigenvalue weighted by Crippen LogP contribution is 2.34. The lowest BCUT2D eigenvalue weighted by atomic mass is 10.1. The standard InChI is InChI=1S/C27H24N2O6S2.C23H23N3O3S.C4H8O.C3H7N/c1-19-10-13-22(14-11-19)37(32,33)35-17-5-16-34-21-12-15-25-24(18-21)27(29-28-25)36(30,31)26-9-4-7-20-6-2-3-8-23(20)26;27-30(28,22-8-3-6-16-5-1-2-7-19(16)22)23-20-15-18(11-12-21(20)25-26-23)29-14-4-13-24-17-9-10-17;1-2-4-5-3-1;4-3-1-2-3/h2-4,6-15,18H,5,16-17H2,1H3,(H,28,29);1-3,5-8,11-12,15,17,24H,4,9-10,13-14H2,(H,25,26);1-4H2;3H,1-2,4H2. The van der Waals surface area contributed by atoms with Gasteiger partial charge in [0.15, 0.2) is 10.1 Å². The fourth-order valence-electron chi connectivity index (χ4n) is 8.25. The van der Waals surface area contributed by atoms with Crippen LogP contribution in [0.15, 0.2) is 170 Å². The van der Waals surface area contributed by atoms with E-state index in [2.05, 4.69) is 25.7 Å². The van der Waals surface area contributed by atoms with Crippen LogP contribution in [0.5, 0.6) is 11.5 Å². The van der Waals surface area contributed by atoms with E-state index < -0.39 is 29.8 Å². The number of ether oxygens (including phenoxy) is 3. The lowest BCUT2D eigenvalue weighted by Crippen LogP contribution is -2.19. The van der Waals surface area contributed by atoms with Crippen molar-refractivity contribution >= 4 is 73.1 Å². The van der Waals surface area contributed by atoms with Crippen LogP contribution in [-0.4, -0.2) is 97.3 Å². The van der Waals surface area contributed by atoms with Crippen molar-refractivity contribution in [2.24, 2.45) is 5.73 Å². The van der Waals surface area contributed by atoms with Crippen LogP contribution >= 0.6 is 0 Å². The van der Waals surface area contributed by atoms with E-state index in [-0.39, 0.29) is 38.0 Å². The number of rotatable bonds is 17. The zero-order valence-corrected chi connectivity index (χ0v) is 44.6. The Labute approximate surface area is 443 Å². The highest BCUT2D eigenvalue weighted by Gasteiger charge is 2.27. The molecule has 0 amide bonds. The molecule has 1 saturated heterocycles. The number of aromatic amines is 2. The molecular formula is C57H62N6O10S3. The first kappa shape index (κ1) is 54.1. The molecule has 3 heterocycles. The number of aromatic nitrogens is 4. The van der Waals surface area contributed by atoms with Gasteiger partial charge in [-0.05, 0) is 130 Å². The van der Waals surface area contributed by atoms with E-state index in [0.29, 0.717) is 69.2 Å². The molecule has 9 aromatic rings. The van der Waals surface area contributed by atoms with Gasteiger partial charge in [0.1, 0.15) is 11.5 Å². The van der Waals surface area contributed by atoms with Crippen molar-refractivity contribution in [3.05, 3.63) is 151 Å². The Morgan fingerprint density at radius 3 is 1.54 bits per heavy atom. The van der Waals surface area contributed by atoms with Gasteiger partial charge in [0.2, 0.25) is 19.7 Å². The number of nitrogens with zero attached hydrogens (tertiary/aromatic N) is 2. The van der Waals surface area contributed by atoms with E-state index in [0.717, 1.165) is 42.5 Å². The molecule has 2 saturated carbocycles. The van der Waals surface area contributed by atoms with Gasteiger partial charge in [-0.3, -0.25) is 14.4 Å². The van der Waals surface area contributed by atoms with Crippen LogP contribution in [0, 0.1) is 6.92 Å². The molecule has 0 spiro atoms. The number of aryl methyl sites for hydroxylation is 1. The van der Waals surface area contributed by atoms with Crippen molar-refractivity contribution in [1.29, 1.82) is 0 Å². The van der Waals surface area contributed by atoms with E-state index in [1.54, 1.807) is 78.9 Å². The van der Waals surface area contributed by atoms with Crippen molar-refractivity contribution in [3.63, 3.8) is 0 Å². The Hall–Kier alpha value is -6.71. The fraction of sp³-hybridized carbons (Fsp3) is 0.298. The molecule has 5 N–H and O–H groups in total. The molecule has 0 atom stereocenters. The van der Waals surface area contributed by atoms with Crippen molar-refractivity contribution in [1.82, 2.24) is 25.7 Å². The molecule has 2 aliphatic carbocycles. The smallest absolute Gasteiger partial charge is 0.296 e. The molecule has 2 aromatic heterocycles. The van der Waals surface area contributed by atoms with E-state index in [9.17, 15) is 25.3 Å². The monoisotopic (exact) mass is 1090 g/mol. The van der Waals surface area contributed by atoms with Crippen molar-refractivity contribution < 1.29 is 43.6 Å². The predicted octanol–water partition coefficient (Wildman–Crippen LogP) is 10.0. The second-order valence-electron chi connectivity index (χ2n) is 18.8. The summed E-state index contributed by atoms with van der Waals surface area (Å²) in [6.45, 7) is 5.51. The number of nitrogens with two attached hydrogens (primary N) is 1. The first-order valence-corrected chi connectivity index (χ1v) is 29.9. The maximum absolute atomic E-state index is 13.6. The summed E-state index contributed by atoms with van der Waals surface area (Å²) < 4.78 is 100. The average Bonchev–Trinajstić information content (AvgIpc) is 4.21.